The second-order valence-corrected chi connectivity index (χ2v) is 7.07. The van der Waals surface area contributed by atoms with Crippen molar-refractivity contribution in [2.24, 2.45) is 5.10 Å². The van der Waals surface area contributed by atoms with Crippen LogP contribution < -0.4 is 14.9 Å². The Morgan fingerprint density at radius 1 is 1.36 bits per heavy atom. The van der Waals surface area contributed by atoms with Crippen molar-refractivity contribution >= 4 is 38.7 Å². The maximum absolute atomic E-state index is 10.7. The van der Waals surface area contributed by atoms with Crippen LogP contribution in [0.1, 0.15) is 16.5 Å². The molecule has 25 heavy (non-hydrogen) atoms. The number of ether oxygens (including phenoxy) is 2. The van der Waals surface area contributed by atoms with Crippen LogP contribution in [0.15, 0.2) is 52.0 Å². The zero-order chi connectivity index (χ0) is 17.8. The summed E-state index contributed by atoms with van der Waals surface area (Å²) < 4.78 is 11.3. The van der Waals surface area contributed by atoms with Gasteiger partial charge in [-0.3, -0.25) is 5.43 Å². The van der Waals surface area contributed by atoms with E-state index in [0.29, 0.717) is 16.0 Å². The molecule has 2 aromatic rings. The zero-order valence-electron chi connectivity index (χ0n) is 13.2. The van der Waals surface area contributed by atoms with Crippen molar-refractivity contribution in [2.45, 2.75) is 5.37 Å². The molecule has 3 rings (SSSR count). The average Bonchev–Trinajstić information content (AvgIpc) is 3.10. The van der Waals surface area contributed by atoms with Gasteiger partial charge in [0, 0.05) is 5.56 Å². The predicted octanol–water partition coefficient (Wildman–Crippen LogP) is 3.62. The van der Waals surface area contributed by atoms with Crippen LogP contribution in [0.2, 0.25) is 0 Å². The number of aliphatic carboxylic acids is 1. The van der Waals surface area contributed by atoms with Crippen molar-refractivity contribution in [2.75, 3.05) is 13.7 Å². The number of methoxy groups -OCH3 is 1. The lowest BCUT2D eigenvalue weighted by molar-refractivity contribution is -0.139. The highest BCUT2D eigenvalue weighted by atomic mass is 79.9. The number of hydrogen-bond acceptors (Lipinski definition) is 6. The van der Waals surface area contributed by atoms with Gasteiger partial charge < -0.3 is 14.6 Å². The zero-order valence-corrected chi connectivity index (χ0v) is 15.6. The van der Waals surface area contributed by atoms with Crippen LogP contribution in [-0.2, 0) is 4.79 Å². The van der Waals surface area contributed by atoms with E-state index in [1.807, 2.05) is 42.5 Å². The first-order valence-corrected chi connectivity index (χ1v) is 9.03. The number of carboxylic acid groups (broad SMARTS) is 1. The fraction of sp³-hybridized carbons (Fsp3) is 0.176. The Kier molecular flexibility index (Phi) is 5.50. The van der Waals surface area contributed by atoms with Gasteiger partial charge in [0.2, 0.25) is 0 Å². The number of benzene rings is 2. The molecule has 0 amide bonds. The highest BCUT2D eigenvalue weighted by Crippen LogP contribution is 2.42. The predicted molar refractivity (Wildman–Crippen MR) is 100 cm³/mol. The molecule has 6 nitrogen and oxygen atoms in total. The summed E-state index contributed by atoms with van der Waals surface area (Å²) in [6.45, 7) is -0.438. The van der Waals surface area contributed by atoms with E-state index in [9.17, 15) is 4.79 Å². The van der Waals surface area contributed by atoms with E-state index in [1.54, 1.807) is 11.8 Å². The van der Waals surface area contributed by atoms with Crippen LogP contribution in [0.5, 0.6) is 11.5 Å². The Labute approximate surface area is 157 Å². The number of hydrogen-bond donors (Lipinski definition) is 2. The van der Waals surface area contributed by atoms with Gasteiger partial charge in [0.25, 0.3) is 0 Å². The monoisotopic (exact) mass is 422 g/mol. The number of thioether (sulfide) groups is 1. The molecular weight excluding hydrogens is 408 g/mol. The van der Waals surface area contributed by atoms with Crippen LogP contribution in [0, 0.1) is 0 Å². The lowest BCUT2D eigenvalue weighted by atomic mass is 10.2. The normalized spacial score (nSPS) is 16.1. The van der Waals surface area contributed by atoms with E-state index >= 15 is 0 Å². The standard InChI is InChI=1S/C17H15BrN2O4S/c1-23-13-8-11(7-12(18)15(13)24-9-14(21)22)17-20-19-16(25-17)10-5-3-2-4-6-10/h2-8,17,20H,9H2,1H3,(H,21,22)/t17-/m0/s1. The Hall–Kier alpha value is -2.19. The summed E-state index contributed by atoms with van der Waals surface area (Å²) in [5.41, 5.74) is 5.10. The number of nitrogens with zero attached hydrogens (tertiary/aromatic N) is 1. The Bertz CT molecular complexity index is 814. The van der Waals surface area contributed by atoms with E-state index < -0.39 is 12.6 Å². The van der Waals surface area contributed by atoms with Crippen LogP contribution in [0.4, 0.5) is 0 Å². The molecule has 0 unspecified atom stereocenters. The molecule has 8 heteroatoms. The van der Waals surface area contributed by atoms with Crippen molar-refractivity contribution in [3.63, 3.8) is 0 Å². The average molecular weight is 423 g/mol. The molecule has 130 valence electrons. The van der Waals surface area contributed by atoms with E-state index in [1.165, 1.54) is 7.11 Å². The van der Waals surface area contributed by atoms with Gasteiger partial charge in [-0.05, 0) is 33.6 Å². The van der Waals surface area contributed by atoms with Crippen LogP contribution in [0.3, 0.4) is 0 Å². The molecule has 1 aliphatic rings. The number of hydrazone groups is 1. The summed E-state index contributed by atoms with van der Waals surface area (Å²) in [6, 6.07) is 13.6. The SMILES string of the molecule is COc1cc([C@H]2NN=C(c3ccccc3)S2)cc(Br)c1OCC(=O)O. The first-order chi connectivity index (χ1) is 12.1. The molecule has 0 radical (unpaired) electrons. The molecule has 1 aliphatic heterocycles. The van der Waals surface area contributed by atoms with Gasteiger partial charge in [0.1, 0.15) is 10.4 Å². The van der Waals surface area contributed by atoms with Gasteiger partial charge in [-0.15, -0.1) is 0 Å². The maximum Gasteiger partial charge on any atom is 0.341 e. The quantitative estimate of drug-likeness (QED) is 0.739. The molecule has 1 heterocycles. The molecule has 0 fully saturated rings. The van der Waals surface area contributed by atoms with E-state index in [4.69, 9.17) is 14.6 Å². The molecule has 0 saturated heterocycles. The number of nitrogens with one attached hydrogen (secondary N) is 1. The van der Waals surface area contributed by atoms with Gasteiger partial charge in [0.15, 0.2) is 18.1 Å². The second-order valence-electron chi connectivity index (χ2n) is 5.13. The Balaban J connectivity index is 1.80. The number of rotatable bonds is 6. The van der Waals surface area contributed by atoms with Gasteiger partial charge in [-0.25, -0.2) is 4.79 Å². The molecule has 0 aromatic heterocycles. The van der Waals surface area contributed by atoms with E-state index in [2.05, 4.69) is 26.5 Å². The number of halogens is 1. The molecule has 0 bridgehead atoms. The minimum Gasteiger partial charge on any atom is -0.493 e. The fourth-order valence-electron chi connectivity index (χ4n) is 2.30. The summed E-state index contributed by atoms with van der Waals surface area (Å²) in [5, 5.41) is 14.0. The van der Waals surface area contributed by atoms with Crippen LogP contribution in [-0.4, -0.2) is 29.8 Å². The number of carboxylic acids is 1. The lowest BCUT2D eigenvalue weighted by Crippen LogP contribution is -2.11. The molecular formula is C17H15BrN2O4S. The molecule has 2 N–H and O–H groups in total. The van der Waals surface area contributed by atoms with Gasteiger partial charge in [-0.1, -0.05) is 42.1 Å². The molecule has 1 atom stereocenters. The third kappa shape index (κ3) is 4.08. The summed E-state index contributed by atoms with van der Waals surface area (Å²) >= 11 is 5.02. The highest BCUT2D eigenvalue weighted by Gasteiger charge is 2.24. The smallest absolute Gasteiger partial charge is 0.341 e. The molecule has 0 spiro atoms. The van der Waals surface area contributed by atoms with Gasteiger partial charge in [0.05, 0.1) is 11.6 Å². The molecule has 0 aliphatic carbocycles. The lowest BCUT2D eigenvalue weighted by Gasteiger charge is -2.16. The summed E-state index contributed by atoms with van der Waals surface area (Å²) in [5.74, 6) is -0.228. The largest absolute Gasteiger partial charge is 0.493 e. The second kappa shape index (κ2) is 7.79. The van der Waals surface area contributed by atoms with Gasteiger partial charge in [-0.2, -0.15) is 5.10 Å². The van der Waals surface area contributed by atoms with Crippen LogP contribution in [0.25, 0.3) is 0 Å². The Morgan fingerprint density at radius 3 is 2.80 bits per heavy atom. The third-order valence-electron chi connectivity index (χ3n) is 3.43. The minimum absolute atomic E-state index is 0.0751. The van der Waals surface area contributed by atoms with E-state index in [-0.39, 0.29) is 5.37 Å². The topological polar surface area (TPSA) is 80.1 Å². The summed E-state index contributed by atoms with van der Waals surface area (Å²) in [7, 11) is 1.51. The molecule has 2 aromatic carbocycles. The number of carbonyl (C=O) groups is 1. The summed E-state index contributed by atoms with van der Waals surface area (Å²) in [4.78, 5) is 10.7. The molecule has 0 saturated carbocycles. The van der Waals surface area contributed by atoms with Crippen molar-refractivity contribution in [3.05, 3.63) is 58.1 Å². The van der Waals surface area contributed by atoms with Crippen molar-refractivity contribution in [1.82, 2.24) is 5.43 Å². The minimum atomic E-state index is -1.05. The first-order valence-electron chi connectivity index (χ1n) is 7.36. The third-order valence-corrected chi connectivity index (χ3v) is 5.18. The summed E-state index contributed by atoms with van der Waals surface area (Å²) in [6.07, 6.45) is 0. The van der Waals surface area contributed by atoms with Crippen LogP contribution >= 0.6 is 27.7 Å². The van der Waals surface area contributed by atoms with E-state index in [0.717, 1.165) is 16.2 Å². The maximum atomic E-state index is 10.7. The first kappa shape index (κ1) is 17.6. The Morgan fingerprint density at radius 2 is 2.12 bits per heavy atom. The fourth-order valence-corrected chi connectivity index (χ4v) is 3.86. The van der Waals surface area contributed by atoms with Crippen molar-refractivity contribution in [3.8, 4) is 11.5 Å². The van der Waals surface area contributed by atoms with Gasteiger partial charge >= 0.3 is 5.97 Å². The van der Waals surface area contributed by atoms with Crippen molar-refractivity contribution < 1.29 is 19.4 Å². The highest BCUT2D eigenvalue weighted by molar-refractivity contribution is 9.10. The van der Waals surface area contributed by atoms with Crippen molar-refractivity contribution in [1.29, 1.82) is 0 Å².